The van der Waals surface area contributed by atoms with Crippen LogP contribution in [-0.4, -0.2) is 21.7 Å². The Morgan fingerprint density at radius 3 is 2.38 bits per heavy atom. The Balaban J connectivity index is 1.95. The van der Waals surface area contributed by atoms with Crippen molar-refractivity contribution in [1.29, 1.82) is 0 Å². The fourth-order valence-corrected chi connectivity index (χ4v) is 3.25. The summed E-state index contributed by atoms with van der Waals surface area (Å²) in [6, 6.07) is 3.97. The van der Waals surface area contributed by atoms with Gasteiger partial charge in [-0.05, 0) is 38.8 Å². The van der Waals surface area contributed by atoms with Gasteiger partial charge < -0.3 is 10.3 Å². The summed E-state index contributed by atoms with van der Waals surface area (Å²) in [5.74, 6) is 1.34. The second-order valence-electron chi connectivity index (χ2n) is 6.11. The molecule has 0 aromatic carbocycles. The van der Waals surface area contributed by atoms with E-state index < -0.39 is 0 Å². The van der Waals surface area contributed by atoms with E-state index in [0.29, 0.717) is 18.3 Å². The molecule has 1 fully saturated rings. The van der Waals surface area contributed by atoms with Gasteiger partial charge in [-0.1, -0.05) is 24.4 Å². The molecule has 0 atom stereocenters. The van der Waals surface area contributed by atoms with Gasteiger partial charge in [0.15, 0.2) is 0 Å². The molecule has 1 saturated carbocycles. The van der Waals surface area contributed by atoms with Crippen LogP contribution in [0.1, 0.15) is 49.4 Å². The minimum Gasteiger partial charge on any atom is -0.338 e. The monoisotopic (exact) mass is 286 g/mol. The number of aromatic nitrogens is 3. The van der Waals surface area contributed by atoms with E-state index in [2.05, 4.69) is 15.1 Å². The number of nitrogens with zero attached hydrogens (tertiary/aromatic N) is 3. The van der Waals surface area contributed by atoms with E-state index in [0.717, 1.165) is 29.8 Å². The third-order valence-electron chi connectivity index (χ3n) is 4.42. The van der Waals surface area contributed by atoms with E-state index in [-0.39, 0.29) is 5.41 Å². The van der Waals surface area contributed by atoms with Crippen LogP contribution in [0.25, 0.3) is 11.4 Å². The third-order valence-corrected chi connectivity index (χ3v) is 4.42. The molecule has 0 saturated heterocycles. The SMILES string of the molecule is Cc1cc(-c2noc(C3(CN)CCCCC3)n2)cc(C)n1. The Labute approximate surface area is 125 Å². The predicted molar refractivity (Wildman–Crippen MR) is 80.8 cm³/mol. The van der Waals surface area contributed by atoms with Gasteiger partial charge in [0.1, 0.15) is 0 Å². The standard InChI is InChI=1S/C16H22N4O/c1-11-8-13(9-12(2)18-11)14-19-15(21-20-14)16(10-17)6-4-3-5-7-16/h8-9H,3-7,10,17H2,1-2H3. The van der Waals surface area contributed by atoms with Crippen molar-refractivity contribution < 1.29 is 4.52 Å². The molecular formula is C16H22N4O. The summed E-state index contributed by atoms with van der Waals surface area (Å²) in [6.07, 6.45) is 5.72. The molecule has 0 aliphatic heterocycles. The van der Waals surface area contributed by atoms with Gasteiger partial charge in [0, 0.05) is 23.5 Å². The summed E-state index contributed by atoms with van der Waals surface area (Å²) in [4.78, 5) is 9.02. The van der Waals surface area contributed by atoms with E-state index in [4.69, 9.17) is 10.3 Å². The van der Waals surface area contributed by atoms with Crippen molar-refractivity contribution in [2.45, 2.75) is 51.4 Å². The normalized spacial score (nSPS) is 17.9. The van der Waals surface area contributed by atoms with Crippen LogP contribution in [-0.2, 0) is 5.41 Å². The summed E-state index contributed by atoms with van der Waals surface area (Å²) in [7, 11) is 0. The van der Waals surface area contributed by atoms with Gasteiger partial charge in [-0.15, -0.1) is 0 Å². The number of hydrogen-bond acceptors (Lipinski definition) is 5. The zero-order chi connectivity index (χ0) is 14.9. The maximum atomic E-state index is 6.03. The minimum absolute atomic E-state index is 0.124. The van der Waals surface area contributed by atoms with Crippen LogP contribution < -0.4 is 5.73 Å². The van der Waals surface area contributed by atoms with Gasteiger partial charge in [-0.3, -0.25) is 4.98 Å². The molecule has 0 unspecified atom stereocenters. The largest absolute Gasteiger partial charge is 0.338 e. The van der Waals surface area contributed by atoms with Crippen molar-refractivity contribution >= 4 is 0 Å². The lowest BCUT2D eigenvalue weighted by atomic mass is 9.74. The van der Waals surface area contributed by atoms with Gasteiger partial charge >= 0.3 is 0 Å². The molecule has 21 heavy (non-hydrogen) atoms. The van der Waals surface area contributed by atoms with Crippen molar-refractivity contribution in [3.05, 3.63) is 29.4 Å². The number of aryl methyl sites for hydroxylation is 2. The second-order valence-corrected chi connectivity index (χ2v) is 6.11. The lowest BCUT2D eigenvalue weighted by Crippen LogP contribution is -2.37. The lowest BCUT2D eigenvalue weighted by Gasteiger charge is -2.32. The van der Waals surface area contributed by atoms with E-state index in [1.165, 1.54) is 19.3 Å². The molecule has 0 radical (unpaired) electrons. The molecule has 1 aliphatic carbocycles. The molecule has 5 nitrogen and oxygen atoms in total. The third kappa shape index (κ3) is 2.70. The van der Waals surface area contributed by atoms with Crippen molar-refractivity contribution in [1.82, 2.24) is 15.1 Å². The van der Waals surface area contributed by atoms with Crippen LogP contribution in [0.2, 0.25) is 0 Å². The quantitative estimate of drug-likeness (QED) is 0.938. The maximum absolute atomic E-state index is 6.03. The van der Waals surface area contributed by atoms with Crippen LogP contribution >= 0.6 is 0 Å². The number of nitrogens with two attached hydrogens (primary N) is 1. The average molecular weight is 286 g/mol. The molecule has 0 spiro atoms. The van der Waals surface area contributed by atoms with Gasteiger partial charge in [0.2, 0.25) is 11.7 Å². The summed E-state index contributed by atoms with van der Waals surface area (Å²) in [6.45, 7) is 4.52. The zero-order valence-electron chi connectivity index (χ0n) is 12.7. The smallest absolute Gasteiger partial charge is 0.234 e. The predicted octanol–water partition coefficient (Wildman–Crippen LogP) is 2.91. The lowest BCUT2D eigenvalue weighted by molar-refractivity contribution is 0.220. The highest BCUT2D eigenvalue weighted by Gasteiger charge is 2.38. The molecule has 2 heterocycles. The summed E-state index contributed by atoms with van der Waals surface area (Å²) in [5.41, 5.74) is 8.78. The van der Waals surface area contributed by atoms with Gasteiger partial charge in [0.05, 0.1) is 5.41 Å². The van der Waals surface area contributed by atoms with Crippen LogP contribution in [0, 0.1) is 13.8 Å². The van der Waals surface area contributed by atoms with Crippen LogP contribution in [0.15, 0.2) is 16.7 Å². The van der Waals surface area contributed by atoms with Crippen LogP contribution in [0.4, 0.5) is 0 Å². The Morgan fingerprint density at radius 1 is 1.10 bits per heavy atom. The summed E-state index contributed by atoms with van der Waals surface area (Å²) in [5, 5.41) is 4.17. The molecule has 0 amide bonds. The zero-order valence-corrected chi connectivity index (χ0v) is 12.7. The fraction of sp³-hybridized carbons (Fsp3) is 0.562. The van der Waals surface area contributed by atoms with Crippen molar-refractivity contribution in [3.8, 4) is 11.4 Å². The summed E-state index contributed by atoms with van der Waals surface area (Å²) < 4.78 is 5.57. The van der Waals surface area contributed by atoms with E-state index in [1.54, 1.807) is 0 Å². The maximum Gasteiger partial charge on any atom is 0.234 e. The van der Waals surface area contributed by atoms with E-state index in [9.17, 15) is 0 Å². The van der Waals surface area contributed by atoms with Crippen molar-refractivity contribution in [2.24, 2.45) is 5.73 Å². The summed E-state index contributed by atoms with van der Waals surface area (Å²) >= 11 is 0. The first-order chi connectivity index (χ1) is 10.1. The Kier molecular flexibility index (Phi) is 3.76. The molecular weight excluding hydrogens is 264 g/mol. The molecule has 0 bridgehead atoms. The highest BCUT2D eigenvalue weighted by molar-refractivity contribution is 5.55. The fourth-order valence-electron chi connectivity index (χ4n) is 3.25. The molecule has 5 heteroatoms. The number of hydrogen-bond donors (Lipinski definition) is 1. The second kappa shape index (κ2) is 5.56. The molecule has 2 N–H and O–H groups in total. The molecule has 2 aromatic rings. The van der Waals surface area contributed by atoms with Crippen LogP contribution in [0.5, 0.6) is 0 Å². The molecule has 2 aromatic heterocycles. The van der Waals surface area contributed by atoms with Crippen LogP contribution in [0.3, 0.4) is 0 Å². The van der Waals surface area contributed by atoms with E-state index in [1.807, 2.05) is 26.0 Å². The number of pyridine rings is 1. The van der Waals surface area contributed by atoms with Crippen molar-refractivity contribution in [2.75, 3.05) is 6.54 Å². The van der Waals surface area contributed by atoms with Gasteiger partial charge in [-0.25, -0.2) is 0 Å². The topological polar surface area (TPSA) is 77.8 Å². The highest BCUT2D eigenvalue weighted by atomic mass is 16.5. The first-order valence-electron chi connectivity index (χ1n) is 7.63. The van der Waals surface area contributed by atoms with Gasteiger partial charge in [0.25, 0.3) is 0 Å². The van der Waals surface area contributed by atoms with Crippen molar-refractivity contribution in [3.63, 3.8) is 0 Å². The Morgan fingerprint density at radius 2 is 1.76 bits per heavy atom. The molecule has 1 aliphatic rings. The molecule has 112 valence electrons. The minimum atomic E-state index is -0.124. The van der Waals surface area contributed by atoms with Gasteiger partial charge in [-0.2, -0.15) is 4.98 Å². The number of rotatable bonds is 3. The average Bonchev–Trinajstić information content (AvgIpc) is 2.97. The highest BCUT2D eigenvalue weighted by Crippen LogP contribution is 2.38. The Bertz CT molecular complexity index is 609. The molecule has 3 rings (SSSR count). The first-order valence-corrected chi connectivity index (χ1v) is 7.63. The van der Waals surface area contributed by atoms with E-state index >= 15 is 0 Å². The Hall–Kier alpha value is -1.75. The first kappa shape index (κ1) is 14.2.